The minimum absolute atomic E-state index is 0. The zero-order valence-electron chi connectivity index (χ0n) is 45.9. The summed E-state index contributed by atoms with van der Waals surface area (Å²) in [4.78, 5) is 14.3. The summed E-state index contributed by atoms with van der Waals surface area (Å²) in [6.45, 7) is 14.6. The van der Waals surface area contributed by atoms with E-state index in [1.54, 1.807) is 0 Å². The van der Waals surface area contributed by atoms with Gasteiger partial charge in [-0.25, -0.2) is 0 Å². The average Bonchev–Trinajstić information content (AvgIpc) is 3.90. The Morgan fingerprint density at radius 1 is 0.354 bits per heavy atom. The maximum absolute atomic E-state index is 6.09. The molecule has 8 heteroatoms. The molecule has 0 spiro atoms. The molecular formula is C71H61BBr2N3O2-. The predicted molar refractivity (Wildman–Crippen MR) is 342 cm³/mol. The third-order valence-electron chi connectivity index (χ3n) is 15.4. The van der Waals surface area contributed by atoms with Crippen LogP contribution in [0.5, 0.6) is 0 Å². The molecule has 1 fully saturated rings. The number of pyridine rings is 3. The first-order valence-electron chi connectivity index (χ1n) is 26.4. The third-order valence-corrected chi connectivity index (χ3v) is 17.1. The van der Waals surface area contributed by atoms with Gasteiger partial charge in [-0.3, -0.25) is 15.0 Å². The van der Waals surface area contributed by atoms with E-state index in [0.29, 0.717) is 0 Å². The topological polar surface area (TPSA) is 57.1 Å². The number of aromatic nitrogens is 3. The number of benzene rings is 9. The molecule has 1 saturated heterocycles. The summed E-state index contributed by atoms with van der Waals surface area (Å²) >= 11 is 7.39. The Hall–Kier alpha value is -7.59. The van der Waals surface area contributed by atoms with Crippen LogP contribution in [0.1, 0.15) is 44.4 Å². The van der Waals surface area contributed by atoms with Crippen LogP contribution in [0.2, 0.25) is 0 Å². The molecule has 4 heterocycles. The Morgan fingerprint density at radius 2 is 0.633 bits per heavy atom. The molecule has 0 unspecified atom stereocenters. The first kappa shape index (κ1) is 54.8. The normalized spacial score (nSPS) is 13.4. The summed E-state index contributed by atoms with van der Waals surface area (Å²) in [5, 5.41) is 9.67. The predicted octanol–water partition coefficient (Wildman–Crippen LogP) is 19.4. The highest BCUT2D eigenvalue weighted by molar-refractivity contribution is 9.11. The molecule has 0 amide bonds. The minimum atomic E-state index is -0.422. The van der Waals surface area contributed by atoms with E-state index in [2.05, 4.69) is 286 Å². The monoisotopic (exact) mass is 1160 g/mol. The summed E-state index contributed by atoms with van der Waals surface area (Å²) in [7, 11) is -0.422. The van der Waals surface area contributed by atoms with Crippen molar-refractivity contribution in [1.82, 2.24) is 15.0 Å². The van der Waals surface area contributed by atoms with Crippen molar-refractivity contribution in [3.63, 3.8) is 0 Å². The van der Waals surface area contributed by atoms with Gasteiger partial charge in [-0.15, -0.1) is 0 Å². The van der Waals surface area contributed by atoms with Gasteiger partial charge in [0, 0.05) is 38.7 Å². The number of halogens is 2. The Kier molecular flexibility index (Phi) is 16.0. The van der Waals surface area contributed by atoms with Crippen LogP contribution in [0.25, 0.3) is 99.0 Å². The molecule has 1 aliphatic heterocycles. The average molecular weight is 1160 g/mol. The van der Waals surface area contributed by atoms with Crippen LogP contribution in [-0.4, -0.2) is 33.3 Å². The summed E-state index contributed by atoms with van der Waals surface area (Å²) in [5.41, 5.74) is 15.3. The number of fused-ring (bicyclic) bond motifs is 4. The molecule has 0 radical (unpaired) electrons. The van der Waals surface area contributed by atoms with E-state index in [1.807, 2.05) is 24.7 Å². The van der Waals surface area contributed by atoms with Gasteiger partial charge in [0.2, 0.25) is 0 Å². The van der Waals surface area contributed by atoms with Crippen LogP contribution >= 0.6 is 31.9 Å². The van der Waals surface area contributed by atoms with E-state index in [9.17, 15) is 0 Å². The standard InChI is InChI=1S/C38H28N2.C18H22BNO2.C14H8Br2.CH3/c1-25-11-3-5-13-29(25)27-19-21-39-35(23-27)37-31-15-7-9-17-33(31)38(34-18-10-8-16-32(34)37)36-24-28(20-22-40-36)30-14-6-4-12-26(30)2;1-13-8-6-7-9-15(13)14-10-11-20-16(12-14)19-21-17(2,3)18(4,5)22-19;15-13-9-5-1-2-6-10(9)14(16)12-8-4-3-7-11(12)13;/h3-24H,1-2H3;6-12H,1-5H3;1-8H;1H3/q;;;-1. The van der Waals surface area contributed by atoms with Gasteiger partial charge >= 0.3 is 7.12 Å². The van der Waals surface area contributed by atoms with Crippen molar-refractivity contribution in [3.05, 3.63) is 258 Å². The molecule has 390 valence electrons. The molecule has 9 aromatic carbocycles. The quantitative estimate of drug-likeness (QED) is 0.0943. The van der Waals surface area contributed by atoms with Crippen molar-refractivity contribution in [2.75, 3.05) is 0 Å². The lowest BCUT2D eigenvalue weighted by Gasteiger charge is -2.32. The van der Waals surface area contributed by atoms with E-state index >= 15 is 0 Å². The fourth-order valence-electron chi connectivity index (χ4n) is 10.6. The van der Waals surface area contributed by atoms with E-state index in [-0.39, 0.29) is 18.6 Å². The summed E-state index contributed by atoms with van der Waals surface area (Å²) in [6, 6.07) is 72.3. The summed E-state index contributed by atoms with van der Waals surface area (Å²) in [5.74, 6) is 0. The van der Waals surface area contributed by atoms with E-state index in [1.165, 1.54) is 96.5 Å². The van der Waals surface area contributed by atoms with Crippen LogP contribution in [0.3, 0.4) is 0 Å². The molecule has 79 heavy (non-hydrogen) atoms. The lowest BCUT2D eigenvalue weighted by atomic mass is 9.82. The van der Waals surface area contributed by atoms with E-state index < -0.39 is 7.12 Å². The number of hydrogen-bond acceptors (Lipinski definition) is 5. The van der Waals surface area contributed by atoms with Gasteiger partial charge in [-0.1, -0.05) is 170 Å². The van der Waals surface area contributed by atoms with Crippen LogP contribution in [-0.2, 0) is 9.31 Å². The minimum Gasteiger partial charge on any atom is -0.398 e. The molecule has 0 bridgehead atoms. The fraction of sp³-hybridized carbons (Fsp3) is 0.127. The van der Waals surface area contributed by atoms with Crippen molar-refractivity contribution in [2.24, 2.45) is 0 Å². The second-order valence-electron chi connectivity index (χ2n) is 20.9. The molecule has 12 aromatic rings. The molecular weight excluding hydrogens is 1100 g/mol. The van der Waals surface area contributed by atoms with Crippen molar-refractivity contribution >= 4 is 87.7 Å². The Labute approximate surface area is 482 Å². The van der Waals surface area contributed by atoms with Gasteiger partial charge < -0.3 is 16.7 Å². The maximum atomic E-state index is 6.09. The smallest absolute Gasteiger partial charge is 0.398 e. The molecule has 0 N–H and O–H groups in total. The van der Waals surface area contributed by atoms with Crippen LogP contribution in [0, 0.1) is 28.2 Å². The van der Waals surface area contributed by atoms with Crippen molar-refractivity contribution in [3.8, 4) is 55.9 Å². The van der Waals surface area contributed by atoms with Crippen LogP contribution < -0.4 is 5.59 Å². The lowest BCUT2D eigenvalue weighted by molar-refractivity contribution is 0.00578. The Morgan fingerprint density at radius 3 is 0.962 bits per heavy atom. The van der Waals surface area contributed by atoms with Gasteiger partial charge in [0.05, 0.1) is 28.2 Å². The molecule has 5 nitrogen and oxygen atoms in total. The fourth-order valence-corrected chi connectivity index (χ4v) is 12.0. The number of aryl methyl sites for hydroxylation is 3. The van der Waals surface area contributed by atoms with E-state index in [0.717, 1.165) is 33.7 Å². The van der Waals surface area contributed by atoms with Gasteiger partial charge in [-0.05, 0) is 210 Å². The van der Waals surface area contributed by atoms with Gasteiger partial charge in [0.15, 0.2) is 0 Å². The first-order chi connectivity index (χ1) is 37.8. The maximum Gasteiger partial charge on any atom is 0.514 e. The largest absolute Gasteiger partial charge is 0.514 e. The third kappa shape index (κ3) is 10.8. The SMILES string of the molecule is Brc1c2ccccc2c(Br)c2ccccc12.Cc1ccccc1-c1ccnc(-c2c3ccccc3c(-c3cc(-c4ccccc4C)ccn3)c3ccccc23)c1.Cc1ccccc1-c1ccnc(B2OC(C)(C)C(C)(C)O2)c1.[CH3-]. The summed E-state index contributed by atoms with van der Waals surface area (Å²) < 4.78 is 14.5. The van der Waals surface area contributed by atoms with E-state index in [4.69, 9.17) is 19.3 Å². The highest BCUT2D eigenvalue weighted by Gasteiger charge is 2.52. The van der Waals surface area contributed by atoms with Crippen LogP contribution in [0.4, 0.5) is 0 Å². The van der Waals surface area contributed by atoms with Gasteiger partial charge in [0.25, 0.3) is 0 Å². The molecule has 0 saturated carbocycles. The molecule has 13 rings (SSSR count). The van der Waals surface area contributed by atoms with Crippen molar-refractivity contribution in [1.29, 1.82) is 0 Å². The molecule has 1 aliphatic rings. The number of rotatable bonds is 6. The van der Waals surface area contributed by atoms with Crippen LogP contribution in [0.15, 0.2) is 234 Å². The molecule has 3 aromatic heterocycles. The Bertz CT molecular complexity index is 3880. The summed E-state index contributed by atoms with van der Waals surface area (Å²) in [6.07, 6.45) is 5.69. The first-order valence-corrected chi connectivity index (χ1v) is 28.0. The Balaban J connectivity index is 0.000000151. The second kappa shape index (κ2) is 23.0. The highest BCUT2D eigenvalue weighted by Crippen LogP contribution is 2.45. The number of nitrogens with zero attached hydrogens (tertiary/aromatic N) is 3. The van der Waals surface area contributed by atoms with Crippen molar-refractivity contribution in [2.45, 2.75) is 59.7 Å². The number of hydrogen-bond donors (Lipinski definition) is 0. The zero-order valence-corrected chi connectivity index (χ0v) is 49.0. The molecule has 0 atom stereocenters. The molecule has 0 aliphatic carbocycles. The second-order valence-corrected chi connectivity index (χ2v) is 22.5. The lowest BCUT2D eigenvalue weighted by Crippen LogP contribution is -2.41. The van der Waals surface area contributed by atoms with Crippen molar-refractivity contribution < 1.29 is 9.31 Å². The zero-order chi connectivity index (χ0) is 54.1. The van der Waals surface area contributed by atoms with Gasteiger partial charge in [-0.2, -0.15) is 0 Å². The van der Waals surface area contributed by atoms with Gasteiger partial charge in [0.1, 0.15) is 0 Å². The highest BCUT2D eigenvalue weighted by atomic mass is 79.9.